The van der Waals surface area contributed by atoms with Gasteiger partial charge < -0.3 is 14.8 Å². The maximum absolute atomic E-state index is 14.1. The second-order valence-corrected chi connectivity index (χ2v) is 8.06. The summed E-state index contributed by atoms with van der Waals surface area (Å²) in [6.45, 7) is 5.88. The van der Waals surface area contributed by atoms with E-state index in [1.54, 1.807) is 24.2 Å². The van der Waals surface area contributed by atoms with E-state index in [1.165, 1.54) is 17.7 Å². The van der Waals surface area contributed by atoms with Crippen molar-refractivity contribution < 1.29 is 9.18 Å². The van der Waals surface area contributed by atoms with Crippen molar-refractivity contribution in [1.29, 1.82) is 0 Å². The fourth-order valence-corrected chi connectivity index (χ4v) is 4.06. The molecular formula is C23H28ClFN4O. The lowest BCUT2D eigenvalue weighted by molar-refractivity contribution is 0.0754. The van der Waals surface area contributed by atoms with Gasteiger partial charge >= 0.3 is 0 Å². The summed E-state index contributed by atoms with van der Waals surface area (Å²) in [6, 6.07) is 6.48. The quantitative estimate of drug-likeness (QED) is 0.661. The van der Waals surface area contributed by atoms with Crippen molar-refractivity contribution in [2.24, 2.45) is 0 Å². The highest BCUT2D eigenvalue weighted by atomic mass is 35.5. The zero-order chi connectivity index (χ0) is 20.5. The number of halogens is 2. The van der Waals surface area contributed by atoms with E-state index < -0.39 is 5.82 Å². The zero-order valence-corrected chi connectivity index (χ0v) is 18.4. The van der Waals surface area contributed by atoms with Gasteiger partial charge in [-0.25, -0.2) is 4.39 Å². The fourth-order valence-electron chi connectivity index (χ4n) is 4.06. The Hall–Kier alpha value is -2.44. The minimum Gasteiger partial charge on any atom is -0.339 e. The van der Waals surface area contributed by atoms with Gasteiger partial charge in [-0.2, -0.15) is 0 Å². The topological polar surface area (TPSA) is 50.2 Å². The second kappa shape index (κ2) is 9.14. The van der Waals surface area contributed by atoms with Crippen molar-refractivity contribution in [3.63, 3.8) is 0 Å². The van der Waals surface area contributed by atoms with Crippen LogP contribution in [0.5, 0.6) is 0 Å². The van der Waals surface area contributed by atoms with E-state index in [1.807, 2.05) is 30.7 Å². The second-order valence-electron chi connectivity index (χ2n) is 8.06. The third kappa shape index (κ3) is 4.07. The Bertz CT molecular complexity index is 1040. The van der Waals surface area contributed by atoms with E-state index in [9.17, 15) is 9.18 Å². The third-order valence-electron chi connectivity index (χ3n) is 5.92. The molecule has 1 aromatic carbocycles. The first kappa shape index (κ1) is 22.2. The number of nitrogens with one attached hydrogen (secondary N) is 1. The predicted molar refractivity (Wildman–Crippen MR) is 120 cm³/mol. The molecule has 0 spiro atoms. The van der Waals surface area contributed by atoms with E-state index in [4.69, 9.17) is 0 Å². The van der Waals surface area contributed by atoms with Crippen LogP contribution in [0.2, 0.25) is 0 Å². The Balaban J connectivity index is 0.00000256. The summed E-state index contributed by atoms with van der Waals surface area (Å²) in [5, 5.41) is 4.61. The van der Waals surface area contributed by atoms with E-state index in [0.717, 1.165) is 36.8 Å². The number of hydrogen-bond donors (Lipinski definition) is 1. The van der Waals surface area contributed by atoms with Crippen LogP contribution in [0, 0.1) is 5.82 Å². The fraction of sp³-hybridized carbons (Fsp3) is 0.391. The Morgan fingerprint density at radius 2 is 2.13 bits per heavy atom. The monoisotopic (exact) mass is 430 g/mol. The normalized spacial score (nSPS) is 16.5. The average Bonchev–Trinajstić information content (AvgIpc) is 3.13. The molecule has 1 atom stereocenters. The summed E-state index contributed by atoms with van der Waals surface area (Å²) < 4.78 is 16.1. The van der Waals surface area contributed by atoms with Gasteiger partial charge in [0.2, 0.25) is 0 Å². The standard InChI is InChI=1S/C23H27FN4O.ClH/c1-15(2)27(3)23(29)19-11-17(24)6-7-21(19)28-14-20(16-5-4-9-25-12-16)18-8-10-26-13-22(18)28;/h6-8,10-11,13-16,25H,4-5,9,12H2,1-3H3;1H. The van der Waals surface area contributed by atoms with Gasteiger partial charge in [-0.05, 0) is 69.0 Å². The van der Waals surface area contributed by atoms with Crippen LogP contribution < -0.4 is 5.32 Å². The Morgan fingerprint density at radius 3 is 2.83 bits per heavy atom. The number of hydrogen-bond acceptors (Lipinski definition) is 3. The van der Waals surface area contributed by atoms with Crippen LogP contribution in [0.25, 0.3) is 16.6 Å². The zero-order valence-electron chi connectivity index (χ0n) is 17.6. The van der Waals surface area contributed by atoms with Crippen LogP contribution >= 0.6 is 12.4 Å². The molecule has 1 amide bonds. The number of rotatable bonds is 4. The van der Waals surface area contributed by atoms with Gasteiger partial charge in [-0.1, -0.05) is 0 Å². The van der Waals surface area contributed by atoms with E-state index in [-0.39, 0.29) is 24.4 Å². The van der Waals surface area contributed by atoms with Gasteiger partial charge in [-0.15, -0.1) is 12.4 Å². The summed E-state index contributed by atoms with van der Waals surface area (Å²) in [4.78, 5) is 19.0. The van der Waals surface area contributed by atoms with Crippen molar-refractivity contribution in [3.05, 3.63) is 59.8 Å². The van der Waals surface area contributed by atoms with Crippen molar-refractivity contribution in [1.82, 2.24) is 19.8 Å². The van der Waals surface area contributed by atoms with Crippen LogP contribution in [0.4, 0.5) is 4.39 Å². The molecule has 1 aliphatic heterocycles. The molecule has 4 rings (SSSR count). The highest BCUT2D eigenvalue weighted by Crippen LogP contribution is 2.34. The molecule has 0 aliphatic carbocycles. The smallest absolute Gasteiger partial charge is 0.256 e. The largest absolute Gasteiger partial charge is 0.339 e. The molecule has 3 aromatic rings. The Labute approximate surface area is 182 Å². The number of benzene rings is 1. The number of pyridine rings is 1. The number of carbonyl (C=O) groups is 1. The molecule has 1 saturated heterocycles. The molecule has 7 heteroatoms. The highest BCUT2D eigenvalue weighted by Gasteiger charge is 2.24. The number of aromatic nitrogens is 2. The number of nitrogens with zero attached hydrogens (tertiary/aromatic N) is 3. The van der Waals surface area contributed by atoms with Gasteiger partial charge in [0.05, 0.1) is 23.0 Å². The summed E-state index contributed by atoms with van der Waals surface area (Å²) >= 11 is 0. The molecule has 2 aromatic heterocycles. The predicted octanol–water partition coefficient (Wildman–Crippen LogP) is 4.53. The molecule has 0 radical (unpaired) electrons. The SMILES string of the molecule is CC(C)N(C)C(=O)c1cc(F)ccc1-n1cc(C2CCCNC2)c2ccncc21.Cl. The number of amides is 1. The van der Waals surface area contributed by atoms with Crippen LogP contribution in [-0.4, -0.2) is 46.5 Å². The van der Waals surface area contributed by atoms with E-state index in [0.29, 0.717) is 17.2 Å². The average molecular weight is 431 g/mol. The first-order valence-electron chi connectivity index (χ1n) is 10.2. The van der Waals surface area contributed by atoms with Crippen molar-refractivity contribution >= 4 is 29.2 Å². The maximum Gasteiger partial charge on any atom is 0.256 e. The van der Waals surface area contributed by atoms with Gasteiger partial charge in [0.15, 0.2) is 0 Å². The lowest BCUT2D eigenvalue weighted by Gasteiger charge is -2.23. The molecule has 0 saturated carbocycles. The lowest BCUT2D eigenvalue weighted by atomic mass is 9.92. The molecule has 1 N–H and O–H groups in total. The maximum atomic E-state index is 14.1. The summed E-state index contributed by atoms with van der Waals surface area (Å²) in [7, 11) is 1.75. The molecule has 1 aliphatic rings. The molecule has 5 nitrogen and oxygen atoms in total. The summed E-state index contributed by atoms with van der Waals surface area (Å²) in [5.74, 6) is -0.200. The molecule has 1 fully saturated rings. The lowest BCUT2D eigenvalue weighted by Crippen LogP contribution is -2.33. The van der Waals surface area contributed by atoms with Gasteiger partial charge in [0.25, 0.3) is 5.91 Å². The highest BCUT2D eigenvalue weighted by molar-refractivity contribution is 5.99. The minimum atomic E-state index is -0.416. The van der Waals surface area contributed by atoms with Gasteiger partial charge in [0, 0.05) is 37.4 Å². The van der Waals surface area contributed by atoms with Gasteiger partial charge in [-0.3, -0.25) is 9.78 Å². The van der Waals surface area contributed by atoms with Crippen LogP contribution in [0.1, 0.15) is 48.5 Å². The summed E-state index contributed by atoms with van der Waals surface area (Å²) in [6.07, 6.45) is 7.99. The number of fused-ring (bicyclic) bond motifs is 1. The van der Waals surface area contributed by atoms with Crippen LogP contribution in [0.15, 0.2) is 42.9 Å². The van der Waals surface area contributed by atoms with E-state index >= 15 is 0 Å². The molecule has 3 heterocycles. The van der Waals surface area contributed by atoms with Crippen molar-refractivity contribution in [2.45, 2.75) is 38.6 Å². The number of carbonyl (C=O) groups excluding carboxylic acids is 1. The molecule has 30 heavy (non-hydrogen) atoms. The van der Waals surface area contributed by atoms with Crippen molar-refractivity contribution in [2.75, 3.05) is 20.1 Å². The molecular weight excluding hydrogens is 403 g/mol. The Kier molecular flexibility index (Phi) is 6.78. The van der Waals surface area contributed by atoms with Crippen molar-refractivity contribution in [3.8, 4) is 5.69 Å². The minimum absolute atomic E-state index is 0. The Morgan fingerprint density at radius 1 is 1.33 bits per heavy atom. The number of piperidine rings is 1. The third-order valence-corrected chi connectivity index (χ3v) is 5.92. The van der Waals surface area contributed by atoms with Crippen LogP contribution in [0.3, 0.4) is 0 Å². The van der Waals surface area contributed by atoms with Crippen LogP contribution in [-0.2, 0) is 0 Å². The first-order chi connectivity index (χ1) is 14.0. The molecule has 1 unspecified atom stereocenters. The molecule has 0 bridgehead atoms. The molecule has 160 valence electrons. The first-order valence-corrected chi connectivity index (χ1v) is 10.2. The van der Waals surface area contributed by atoms with Gasteiger partial charge in [0.1, 0.15) is 5.82 Å². The van der Waals surface area contributed by atoms with E-state index in [2.05, 4.69) is 16.5 Å². The summed E-state index contributed by atoms with van der Waals surface area (Å²) in [5.41, 5.74) is 3.21.